The Kier molecular flexibility index (Phi) is 2.74. The number of carboxylic acid groups (broad SMARTS) is 1. The van der Waals surface area contributed by atoms with Crippen LogP contribution < -0.4 is 5.32 Å². The summed E-state index contributed by atoms with van der Waals surface area (Å²) in [5.41, 5.74) is 1.83. The highest BCUT2D eigenvalue weighted by molar-refractivity contribution is 5.86. The molecule has 0 spiro atoms. The molecule has 3 rings (SSSR count). The van der Waals surface area contributed by atoms with Crippen LogP contribution in [-0.2, 0) is 6.54 Å². The molecule has 2 heterocycles. The van der Waals surface area contributed by atoms with Crippen molar-refractivity contribution in [1.82, 2.24) is 19.9 Å². The molecule has 100 valence electrons. The minimum Gasteiger partial charge on any atom is -0.477 e. The second-order valence-corrected chi connectivity index (χ2v) is 5.35. The lowest BCUT2D eigenvalue weighted by atomic mass is 9.78. The maximum atomic E-state index is 11.2. The molecule has 0 saturated heterocycles. The van der Waals surface area contributed by atoms with E-state index in [1.54, 1.807) is 6.07 Å². The fraction of sp³-hybridized carbons (Fsp3) is 0.462. The molecular formula is C13H16N4O2. The van der Waals surface area contributed by atoms with E-state index in [9.17, 15) is 9.90 Å². The normalized spacial score (nSPS) is 17.3. The molecule has 2 aromatic heterocycles. The second-order valence-electron chi connectivity index (χ2n) is 5.35. The number of hydrogen-bond donors (Lipinski definition) is 2. The molecule has 19 heavy (non-hydrogen) atoms. The van der Waals surface area contributed by atoms with Gasteiger partial charge in [0.05, 0.1) is 0 Å². The lowest BCUT2D eigenvalue weighted by Crippen LogP contribution is -2.47. The number of nitrogens with zero attached hydrogens (tertiary/aromatic N) is 3. The minimum atomic E-state index is -0.993. The molecule has 1 aliphatic carbocycles. The number of pyridine rings is 1. The fourth-order valence-corrected chi connectivity index (χ4v) is 2.43. The first-order chi connectivity index (χ1) is 9.07. The summed E-state index contributed by atoms with van der Waals surface area (Å²) in [5, 5.41) is 16.6. The Labute approximate surface area is 110 Å². The van der Waals surface area contributed by atoms with Crippen LogP contribution in [0.2, 0.25) is 0 Å². The highest BCUT2D eigenvalue weighted by atomic mass is 16.4. The SMILES string of the molecule is CC1(NCc2cc(C(=O)O)n3ncnc3c2)CCC1. The quantitative estimate of drug-likeness (QED) is 0.870. The van der Waals surface area contributed by atoms with Crippen LogP contribution >= 0.6 is 0 Å². The summed E-state index contributed by atoms with van der Waals surface area (Å²) in [5.74, 6) is -0.993. The van der Waals surface area contributed by atoms with Gasteiger partial charge in [-0.1, -0.05) is 0 Å². The third kappa shape index (κ3) is 2.19. The Balaban J connectivity index is 1.88. The number of carbonyl (C=O) groups is 1. The van der Waals surface area contributed by atoms with Crippen LogP contribution in [0.25, 0.3) is 5.65 Å². The zero-order chi connectivity index (χ0) is 13.5. The van der Waals surface area contributed by atoms with Crippen LogP contribution in [0.4, 0.5) is 0 Å². The standard InChI is InChI=1S/C13H16N4O2/c1-13(3-2-4-13)15-7-9-5-10(12(18)19)17-11(6-9)14-8-16-17/h5-6,8,15H,2-4,7H2,1H3,(H,18,19). The zero-order valence-electron chi connectivity index (χ0n) is 10.8. The summed E-state index contributed by atoms with van der Waals surface area (Å²) in [6, 6.07) is 3.52. The van der Waals surface area contributed by atoms with Crippen molar-refractivity contribution in [3.63, 3.8) is 0 Å². The smallest absolute Gasteiger partial charge is 0.354 e. The molecule has 6 heteroatoms. The summed E-state index contributed by atoms with van der Waals surface area (Å²) in [4.78, 5) is 15.3. The molecule has 0 amide bonds. The predicted octanol–water partition coefficient (Wildman–Crippen LogP) is 1.46. The van der Waals surface area contributed by atoms with E-state index in [0.29, 0.717) is 12.2 Å². The Morgan fingerprint density at radius 1 is 1.53 bits per heavy atom. The van der Waals surface area contributed by atoms with Gasteiger partial charge in [-0.25, -0.2) is 14.3 Å². The third-order valence-corrected chi connectivity index (χ3v) is 3.83. The van der Waals surface area contributed by atoms with Crippen molar-refractivity contribution in [2.24, 2.45) is 0 Å². The first-order valence-corrected chi connectivity index (χ1v) is 6.38. The monoisotopic (exact) mass is 260 g/mol. The van der Waals surface area contributed by atoms with Gasteiger partial charge in [-0.05, 0) is 43.9 Å². The van der Waals surface area contributed by atoms with Crippen molar-refractivity contribution in [2.75, 3.05) is 0 Å². The number of nitrogens with one attached hydrogen (secondary N) is 1. The zero-order valence-corrected chi connectivity index (χ0v) is 10.8. The summed E-state index contributed by atoms with van der Waals surface area (Å²) < 4.78 is 1.34. The van der Waals surface area contributed by atoms with Crippen molar-refractivity contribution in [3.8, 4) is 0 Å². The van der Waals surface area contributed by atoms with E-state index in [2.05, 4.69) is 22.3 Å². The molecule has 2 aromatic rings. The maximum absolute atomic E-state index is 11.2. The highest BCUT2D eigenvalue weighted by Crippen LogP contribution is 2.31. The van der Waals surface area contributed by atoms with Crippen LogP contribution in [0.15, 0.2) is 18.5 Å². The molecule has 0 aliphatic heterocycles. The van der Waals surface area contributed by atoms with Gasteiger partial charge < -0.3 is 10.4 Å². The first-order valence-electron chi connectivity index (χ1n) is 6.38. The topological polar surface area (TPSA) is 79.5 Å². The van der Waals surface area contributed by atoms with E-state index in [1.807, 2.05) is 6.07 Å². The molecule has 0 radical (unpaired) electrons. The molecular weight excluding hydrogens is 244 g/mol. The Hall–Kier alpha value is -1.95. The number of fused-ring (bicyclic) bond motifs is 1. The number of aromatic nitrogens is 3. The van der Waals surface area contributed by atoms with E-state index in [-0.39, 0.29) is 11.2 Å². The van der Waals surface area contributed by atoms with Gasteiger partial charge in [0.1, 0.15) is 6.33 Å². The predicted molar refractivity (Wildman–Crippen MR) is 69.0 cm³/mol. The van der Waals surface area contributed by atoms with Crippen molar-refractivity contribution in [3.05, 3.63) is 29.7 Å². The average Bonchev–Trinajstić information content (AvgIpc) is 2.80. The van der Waals surface area contributed by atoms with Crippen LogP contribution in [0.5, 0.6) is 0 Å². The molecule has 2 N–H and O–H groups in total. The van der Waals surface area contributed by atoms with Gasteiger partial charge in [-0.3, -0.25) is 0 Å². The highest BCUT2D eigenvalue weighted by Gasteiger charge is 2.30. The minimum absolute atomic E-state index is 0.144. The number of carboxylic acids is 1. The molecule has 1 fully saturated rings. The van der Waals surface area contributed by atoms with Gasteiger partial charge in [0, 0.05) is 12.1 Å². The van der Waals surface area contributed by atoms with Crippen molar-refractivity contribution in [1.29, 1.82) is 0 Å². The summed E-state index contributed by atoms with van der Waals surface area (Å²) in [7, 11) is 0. The number of rotatable bonds is 4. The van der Waals surface area contributed by atoms with Gasteiger partial charge in [0.2, 0.25) is 0 Å². The molecule has 0 aromatic carbocycles. The van der Waals surface area contributed by atoms with Crippen molar-refractivity contribution < 1.29 is 9.90 Å². The lowest BCUT2D eigenvalue weighted by Gasteiger charge is -2.39. The molecule has 0 unspecified atom stereocenters. The number of hydrogen-bond acceptors (Lipinski definition) is 4. The summed E-state index contributed by atoms with van der Waals surface area (Å²) in [6.07, 6.45) is 4.97. The van der Waals surface area contributed by atoms with Gasteiger partial charge >= 0.3 is 5.97 Å². The van der Waals surface area contributed by atoms with Crippen LogP contribution in [0.3, 0.4) is 0 Å². The van der Waals surface area contributed by atoms with Gasteiger partial charge in [-0.15, -0.1) is 0 Å². The van der Waals surface area contributed by atoms with Gasteiger partial charge in [0.25, 0.3) is 0 Å². The molecule has 6 nitrogen and oxygen atoms in total. The average molecular weight is 260 g/mol. The van der Waals surface area contributed by atoms with E-state index in [4.69, 9.17) is 0 Å². The largest absolute Gasteiger partial charge is 0.477 e. The number of aromatic carboxylic acids is 1. The van der Waals surface area contributed by atoms with E-state index >= 15 is 0 Å². The Morgan fingerprint density at radius 3 is 2.95 bits per heavy atom. The van der Waals surface area contributed by atoms with Crippen LogP contribution in [-0.4, -0.2) is 31.2 Å². The maximum Gasteiger partial charge on any atom is 0.354 e. The molecule has 0 bridgehead atoms. The third-order valence-electron chi connectivity index (χ3n) is 3.83. The molecule has 1 saturated carbocycles. The van der Waals surface area contributed by atoms with Crippen molar-refractivity contribution >= 4 is 11.6 Å². The fourth-order valence-electron chi connectivity index (χ4n) is 2.43. The van der Waals surface area contributed by atoms with E-state index in [1.165, 1.54) is 30.1 Å². The Bertz CT molecular complexity index is 631. The summed E-state index contributed by atoms with van der Waals surface area (Å²) >= 11 is 0. The molecule has 0 atom stereocenters. The lowest BCUT2D eigenvalue weighted by molar-refractivity contribution is 0.0687. The second kappa shape index (κ2) is 4.31. The molecule has 1 aliphatic rings. The Morgan fingerprint density at radius 2 is 2.32 bits per heavy atom. The van der Waals surface area contributed by atoms with E-state index < -0.39 is 5.97 Å². The van der Waals surface area contributed by atoms with Crippen LogP contribution in [0.1, 0.15) is 42.2 Å². The van der Waals surface area contributed by atoms with Gasteiger partial charge in [0.15, 0.2) is 11.3 Å². The van der Waals surface area contributed by atoms with Crippen LogP contribution in [0, 0.1) is 0 Å². The first kappa shape index (κ1) is 12.1. The van der Waals surface area contributed by atoms with E-state index in [0.717, 1.165) is 5.56 Å². The summed E-state index contributed by atoms with van der Waals surface area (Å²) in [6.45, 7) is 2.85. The van der Waals surface area contributed by atoms with Crippen molar-refractivity contribution in [2.45, 2.75) is 38.3 Å². The van der Waals surface area contributed by atoms with Gasteiger partial charge in [-0.2, -0.15) is 5.10 Å².